The molecule has 3 aromatic rings. The van der Waals surface area contributed by atoms with Crippen molar-refractivity contribution in [3.63, 3.8) is 0 Å². The Bertz CT molecular complexity index is 1030. The molecule has 3 heterocycles. The summed E-state index contributed by atoms with van der Waals surface area (Å²) in [6, 6.07) is 19.7. The van der Waals surface area contributed by atoms with Crippen molar-refractivity contribution in [2.75, 3.05) is 9.96 Å². The molecule has 28 heavy (non-hydrogen) atoms. The Kier molecular flexibility index (Phi) is 3.80. The molecular formula is C22H18N2O4. The van der Waals surface area contributed by atoms with Gasteiger partial charge in [0.2, 0.25) is 5.91 Å². The number of imide groups is 1. The van der Waals surface area contributed by atoms with Gasteiger partial charge in [0.15, 0.2) is 6.10 Å². The molecule has 0 radical (unpaired) electrons. The molecule has 0 saturated carbocycles. The fourth-order valence-electron chi connectivity index (χ4n) is 4.01. The average Bonchev–Trinajstić information content (AvgIpc) is 3.41. The molecule has 0 N–H and O–H groups in total. The minimum atomic E-state index is -0.887. The number of carbonyl (C=O) groups is 2. The third-order valence-corrected chi connectivity index (χ3v) is 5.32. The number of aryl methyl sites for hydroxylation is 1. The van der Waals surface area contributed by atoms with E-state index >= 15 is 0 Å². The van der Waals surface area contributed by atoms with E-state index in [1.807, 2.05) is 43.3 Å². The lowest BCUT2D eigenvalue weighted by Crippen LogP contribution is -2.37. The second-order valence-corrected chi connectivity index (χ2v) is 6.97. The lowest BCUT2D eigenvalue weighted by Gasteiger charge is -2.28. The lowest BCUT2D eigenvalue weighted by atomic mass is 9.94. The average molecular weight is 374 g/mol. The molecule has 3 atom stereocenters. The molecule has 140 valence electrons. The van der Waals surface area contributed by atoms with Crippen LogP contribution in [0.3, 0.4) is 0 Å². The Hall–Kier alpha value is -3.38. The number of furan rings is 1. The van der Waals surface area contributed by atoms with Gasteiger partial charge in [0.1, 0.15) is 17.7 Å². The topological polar surface area (TPSA) is 63.0 Å². The van der Waals surface area contributed by atoms with Crippen molar-refractivity contribution in [2.24, 2.45) is 5.92 Å². The lowest BCUT2D eigenvalue weighted by molar-refractivity contribution is -0.126. The number of amides is 2. The highest BCUT2D eigenvalue weighted by Gasteiger charge is 2.61. The van der Waals surface area contributed by atoms with E-state index in [4.69, 9.17) is 9.25 Å². The Morgan fingerprint density at radius 2 is 1.61 bits per heavy atom. The summed E-state index contributed by atoms with van der Waals surface area (Å²) < 4.78 is 5.64. The van der Waals surface area contributed by atoms with Crippen LogP contribution in [0.15, 0.2) is 77.4 Å². The van der Waals surface area contributed by atoms with Crippen LogP contribution in [0.4, 0.5) is 11.4 Å². The fraction of sp³-hybridized carbons (Fsp3) is 0.182. The summed E-state index contributed by atoms with van der Waals surface area (Å²) in [5.41, 5.74) is 2.35. The molecule has 2 aromatic carbocycles. The van der Waals surface area contributed by atoms with Crippen molar-refractivity contribution < 1.29 is 18.8 Å². The third kappa shape index (κ3) is 2.38. The summed E-state index contributed by atoms with van der Waals surface area (Å²) in [7, 11) is 0. The van der Waals surface area contributed by atoms with Gasteiger partial charge in [-0.3, -0.25) is 14.4 Å². The van der Waals surface area contributed by atoms with Gasteiger partial charge in [-0.1, -0.05) is 36.4 Å². The highest BCUT2D eigenvalue weighted by molar-refractivity contribution is 6.23. The van der Waals surface area contributed by atoms with E-state index < -0.39 is 18.1 Å². The summed E-state index contributed by atoms with van der Waals surface area (Å²) in [5.74, 6) is -0.724. The molecule has 1 aromatic heterocycles. The number of hydroxylamine groups is 1. The Labute approximate surface area is 161 Å². The maximum atomic E-state index is 13.3. The van der Waals surface area contributed by atoms with Gasteiger partial charge in [-0.2, -0.15) is 0 Å². The molecular weight excluding hydrogens is 356 g/mol. The van der Waals surface area contributed by atoms with E-state index in [2.05, 4.69) is 0 Å². The molecule has 0 aliphatic carbocycles. The quantitative estimate of drug-likeness (QED) is 0.655. The van der Waals surface area contributed by atoms with E-state index in [9.17, 15) is 9.59 Å². The highest BCUT2D eigenvalue weighted by atomic mass is 16.7. The molecule has 2 saturated heterocycles. The van der Waals surface area contributed by atoms with Gasteiger partial charge in [0, 0.05) is 0 Å². The highest BCUT2D eigenvalue weighted by Crippen LogP contribution is 2.48. The number of rotatable bonds is 3. The number of fused-ring (bicyclic) bond motifs is 1. The monoisotopic (exact) mass is 374 g/mol. The minimum Gasteiger partial charge on any atom is -0.467 e. The zero-order valence-electron chi connectivity index (χ0n) is 15.2. The van der Waals surface area contributed by atoms with Gasteiger partial charge in [-0.05, 0) is 42.8 Å². The van der Waals surface area contributed by atoms with Gasteiger partial charge in [0.25, 0.3) is 5.91 Å². The first-order chi connectivity index (χ1) is 13.7. The molecule has 6 heteroatoms. The van der Waals surface area contributed by atoms with Crippen molar-refractivity contribution in [3.05, 3.63) is 84.3 Å². The molecule has 5 rings (SSSR count). The smallest absolute Gasteiger partial charge is 0.266 e. The van der Waals surface area contributed by atoms with Crippen LogP contribution in [0.2, 0.25) is 0 Å². The molecule has 2 aliphatic rings. The molecule has 0 unspecified atom stereocenters. The largest absolute Gasteiger partial charge is 0.467 e. The number of nitrogens with zero attached hydrogens (tertiary/aromatic N) is 2. The predicted octanol–water partition coefficient (Wildman–Crippen LogP) is 3.64. The van der Waals surface area contributed by atoms with Crippen LogP contribution in [0, 0.1) is 12.8 Å². The number of anilines is 2. The zero-order valence-corrected chi connectivity index (χ0v) is 15.2. The van der Waals surface area contributed by atoms with Gasteiger partial charge >= 0.3 is 0 Å². The third-order valence-electron chi connectivity index (χ3n) is 5.32. The first-order valence-electron chi connectivity index (χ1n) is 9.15. The Balaban J connectivity index is 1.59. The number of benzene rings is 2. The van der Waals surface area contributed by atoms with E-state index in [0.29, 0.717) is 11.4 Å². The fourth-order valence-corrected chi connectivity index (χ4v) is 4.01. The standard InChI is InChI=1S/C22H18N2O4/c1-14-8-5-6-11-16(14)24-19(17-12-7-13-27-17)18-20(28-24)22(26)23(21(18)25)15-9-3-2-4-10-15/h2-13,18-20H,1H3/t18-,19-,20-/m1/s1. The van der Waals surface area contributed by atoms with Gasteiger partial charge < -0.3 is 4.42 Å². The van der Waals surface area contributed by atoms with E-state index in [-0.39, 0.29) is 11.8 Å². The molecule has 2 amide bonds. The van der Waals surface area contributed by atoms with E-state index in [0.717, 1.165) is 11.3 Å². The van der Waals surface area contributed by atoms with Crippen molar-refractivity contribution >= 4 is 23.2 Å². The van der Waals surface area contributed by atoms with Crippen LogP contribution in [-0.4, -0.2) is 17.9 Å². The predicted molar refractivity (Wildman–Crippen MR) is 102 cm³/mol. The first-order valence-corrected chi connectivity index (χ1v) is 9.15. The number of carbonyl (C=O) groups excluding carboxylic acids is 2. The molecule has 6 nitrogen and oxygen atoms in total. The van der Waals surface area contributed by atoms with Crippen LogP contribution in [-0.2, 0) is 14.4 Å². The van der Waals surface area contributed by atoms with Crippen LogP contribution in [0.1, 0.15) is 17.4 Å². The van der Waals surface area contributed by atoms with Crippen molar-refractivity contribution in [2.45, 2.75) is 19.1 Å². The molecule has 0 spiro atoms. The van der Waals surface area contributed by atoms with Crippen LogP contribution in [0.25, 0.3) is 0 Å². The maximum Gasteiger partial charge on any atom is 0.266 e. The first kappa shape index (κ1) is 16.8. The minimum absolute atomic E-state index is 0.279. The van der Waals surface area contributed by atoms with Gasteiger partial charge in [0.05, 0.1) is 17.6 Å². The second-order valence-electron chi connectivity index (χ2n) is 6.97. The van der Waals surface area contributed by atoms with Crippen molar-refractivity contribution in [1.82, 2.24) is 0 Å². The maximum absolute atomic E-state index is 13.3. The van der Waals surface area contributed by atoms with Crippen LogP contribution < -0.4 is 9.96 Å². The molecule has 2 fully saturated rings. The van der Waals surface area contributed by atoms with Crippen molar-refractivity contribution in [1.29, 1.82) is 0 Å². The van der Waals surface area contributed by atoms with E-state index in [1.165, 1.54) is 4.90 Å². The van der Waals surface area contributed by atoms with E-state index in [1.54, 1.807) is 41.7 Å². The number of hydrogen-bond donors (Lipinski definition) is 0. The summed E-state index contributed by atoms with van der Waals surface area (Å²) in [6.45, 7) is 1.96. The van der Waals surface area contributed by atoms with Gasteiger partial charge in [-0.25, -0.2) is 9.96 Å². The summed E-state index contributed by atoms with van der Waals surface area (Å²) >= 11 is 0. The van der Waals surface area contributed by atoms with Crippen LogP contribution in [0.5, 0.6) is 0 Å². The van der Waals surface area contributed by atoms with Crippen LogP contribution >= 0.6 is 0 Å². The second kappa shape index (κ2) is 6.35. The SMILES string of the molecule is Cc1ccccc1N1O[C@H]2C(=O)N(c3ccccc3)C(=O)[C@@H]2[C@H]1c1ccco1. The molecule has 0 bridgehead atoms. The van der Waals surface area contributed by atoms with Gasteiger partial charge in [-0.15, -0.1) is 0 Å². The number of hydrogen-bond acceptors (Lipinski definition) is 5. The molecule has 2 aliphatic heterocycles. The summed E-state index contributed by atoms with van der Waals surface area (Å²) in [4.78, 5) is 33.7. The van der Waals surface area contributed by atoms with Crippen molar-refractivity contribution in [3.8, 4) is 0 Å². The number of para-hydroxylation sites is 2. The summed E-state index contributed by atoms with van der Waals surface area (Å²) in [6.07, 6.45) is 0.678. The normalized spacial score (nSPS) is 24.1. The Morgan fingerprint density at radius 1 is 0.857 bits per heavy atom. The Morgan fingerprint density at radius 3 is 2.32 bits per heavy atom. The zero-order chi connectivity index (χ0) is 19.3. The summed E-state index contributed by atoms with van der Waals surface area (Å²) in [5, 5.41) is 1.65.